The second-order valence-corrected chi connectivity index (χ2v) is 5.40. The van der Waals surface area contributed by atoms with Crippen LogP contribution in [0.5, 0.6) is 0 Å². The summed E-state index contributed by atoms with van der Waals surface area (Å²) >= 11 is 1.38. The van der Waals surface area contributed by atoms with Crippen LogP contribution in [0.15, 0.2) is 18.3 Å². The summed E-state index contributed by atoms with van der Waals surface area (Å²) < 4.78 is 0.941. The monoisotopic (exact) mass is 278 g/mol. The molecule has 0 radical (unpaired) electrons. The number of amides is 1. The third-order valence-corrected chi connectivity index (χ3v) is 4.17. The predicted molar refractivity (Wildman–Crippen MR) is 79.5 cm³/mol. The van der Waals surface area contributed by atoms with Gasteiger partial charge in [0.1, 0.15) is 10.4 Å². The number of thiophene rings is 1. The molecule has 0 saturated heterocycles. The predicted octanol–water partition coefficient (Wildman–Crippen LogP) is 1.56. The lowest BCUT2D eigenvalue weighted by Crippen LogP contribution is -2.32. The highest BCUT2D eigenvalue weighted by molar-refractivity contribution is 7.21. The Morgan fingerprint density at radius 3 is 3.05 bits per heavy atom. The fourth-order valence-electron chi connectivity index (χ4n) is 1.72. The third-order valence-electron chi connectivity index (χ3n) is 3.01. The Hall–Kier alpha value is -1.66. The Morgan fingerprint density at radius 2 is 2.37 bits per heavy atom. The number of anilines is 1. The van der Waals surface area contributed by atoms with Gasteiger partial charge in [-0.3, -0.25) is 9.78 Å². The number of fused-ring (bicyclic) bond motifs is 1. The SMILES string of the molecule is CCN(C)CCNC(=O)c1sc2cccnc2c1N. The lowest BCUT2D eigenvalue weighted by Gasteiger charge is -2.13. The minimum Gasteiger partial charge on any atom is -0.396 e. The summed E-state index contributed by atoms with van der Waals surface area (Å²) in [6.45, 7) is 4.48. The van der Waals surface area contributed by atoms with Crippen molar-refractivity contribution in [1.82, 2.24) is 15.2 Å². The normalized spacial score (nSPS) is 11.1. The number of nitrogens with zero attached hydrogens (tertiary/aromatic N) is 2. The van der Waals surface area contributed by atoms with Crippen molar-refractivity contribution in [2.45, 2.75) is 6.92 Å². The van der Waals surface area contributed by atoms with Gasteiger partial charge in [0, 0.05) is 19.3 Å². The van der Waals surface area contributed by atoms with E-state index in [1.165, 1.54) is 11.3 Å². The first kappa shape index (κ1) is 13.8. The van der Waals surface area contributed by atoms with Crippen LogP contribution in [0.25, 0.3) is 10.2 Å². The highest BCUT2D eigenvalue weighted by Gasteiger charge is 2.16. The molecule has 0 unspecified atom stereocenters. The Morgan fingerprint density at radius 1 is 1.58 bits per heavy atom. The Labute approximate surface area is 116 Å². The van der Waals surface area contributed by atoms with E-state index < -0.39 is 0 Å². The fourth-order valence-corrected chi connectivity index (χ4v) is 2.71. The van der Waals surface area contributed by atoms with E-state index in [9.17, 15) is 4.79 Å². The molecule has 0 saturated carbocycles. The van der Waals surface area contributed by atoms with E-state index in [0.29, 0.717) is 22.6 Å². The maximum absolute atomic E-state index is 12.1. The molecular formula is C13H18N4OS. The Bertz CT molecular complexity index is 581. The number of hydrogen-bond acceptors (Lipinski definition) is 5. The molecule has 0 aliphatic rings. The molecule has 0 atom stereocenters. The van der Waals surface area contributed by atoms with Crippen molar-refractivity contribution in [2.24, 2.45) is 0 Å². The molecule has 0 spiro atoms. The van der Waals surface area contributed by atoms with Gasteiger partial charge in [0.25, 0.3) is 5.91 Å². The van der Waals surface area contributed by atoms with Crippen molar-refractivity contribution in [3.63, 3.8) is 0 Å². The number of pyridine rings is 1. The largest absolute Gasteiger partial charge is 0.396 e. The van der Waals surface area contributed by atoms with Gasteiger partial charge >= 0.3 is 0 Å². The zero-order valence-electron chi connectivity index (χ0n) is 11.1. The van der Waals surface area contributed by atoms with Crippen molar-refractivity contribution < 1.29 is 4.79 Å². The molecule has 2 aromatic rings. The highest BCUT2D eigenvalue weighted by Crippen LogP contribution is 2.31. The van der Waals surface area contributed by atoms with Crippen molar-refractivity contribution in [2.75, 3.05) is 32.4 Å². The van der Waals surface area contributed by atoms with Crippen LogP contribution in [0.2, 0.25) is 0 Å². The molecule has 2 heterocycles. The molecule has 0 aliphatic heterocycles. The van der Waals surface area contributed by atoms with E-state index in [4.69, 9.17) is 5.73 Å². The molecule has 0 fully saturated rings. The summed E-state index contributed by atoms with van der Waals surface area (Å²) in [7, 11) is 2.02. The summed E-state index contributed by atoms with van der Waals surface area (Å²) in [6.07, 6.45) is 1.68. The number of rotatable bonds is 5. The topological polar surface area (TPSA) is 71.2 Å². The van der Waals surface area contributed by atoms with Gasteiger partial charge in [-0.2, -0.15) is 0 Å². The van der Waals surface area contributed by atoms with Crippen molar-refractivity contribution in [3.05, 3.63) is 23.2 Å². The maximum atomic E-state index is 12.1. The van der Waals surface area contributed by atoms with Crippen LogP contribution in [-0.4, -0.2) is 42.5 Å². The van der Waals surface area contributed by atoms with Gasteiger partial charge in [-0.15, -0.1) is 11.3 Å². The van der Waals surface area contributed by atoms with Gasteiger partial charge < -0.3 is 16.0 Å². The summed E-state index contributed by atoms with van der Waals surface area (Å²) in [6, 6.07) is 3.77. The summed E-state index contributed by atoms with van der Waals surface area (Å²) in [5.41, 5.74) is 7.16. The molecule has 6 heteroatoms. The summed E-state index contributed by atoms with van der Waals surface area (Å²) in [5, 5.41) is 2.89. The number of likely N-dealkylation sites (N-methyl/N-ethyl adjacent to an activating group) is 1. The lowest BCUT2D eigenvalue weighted by molar-refractivity contribution is 0.0955. The second kappa shape index (κ2) is 5.99. The number of carbonyl (C=O) groups is 1. The fraction of sp³-hybridized carbons (Fsp3) is 0.385. The van der Waals surface area contributed by atoms with Crippen LogP contribution in [0.1, 0.15) is 16.6 Å². The van der Waals surface area contributed by atoms with Crippen LogP contribution in [0.4, 0.5) is 5.69 Å². The van der Waals surface area contributed by atoms with E-state index in [-0.39, 0.29) is 5.91 Å². The lowest BCUT2D eigenvalue weighted by atomic mass is 10.3. The zero-order valence-corrected chi connectivity index (χ0v) is 12.0. The highest BCUT2D eigenvalue weighted by atomic mass is 32.1. The van der Waals surface area contributed by atoms with Gasteiger partial charge in [-0.25, -0.2) is 0 Å². The average molecular weight is 278 g/mol. The van der Waals surface area contributed by atoms with Crippen LogP contribution in [0.3, 0.4) is 0 Å². The van der Waals surface area contributed by atoms with Crippen molar-refractivity contribution in [3.8, 4) is 0 Å². The molecule has 2 aromatic heterocycles. The first-order chi connectivity index (χ1) is 9.13. The van der Waals surface area contributed by atoms with Gasteiger partial charge in [-0.1, -0.05) is 6.92 Å². The third kappa shape index (κ3) is 3.02. The molecule has 5 nitrogen and oxygen atoms in total. The van der Waals surface area contributed by atoms with Crippen LogP contribution in [0, 0.1) is 0 Å². The first-order valence-corrected chi connectivity index (χ1v) is 7.05. The molecule has 2 rings (SSSR count). The van der Waals surface area contributed by atoms with E-state index in [0.717, 1.165) is 17.8 Å². The molecule has 3 N–H and O–H groups in total. The minimum absolute atomic E-state index is 0.120. The summed E-state index contributed by atoms with van der Waals surface area (Å²) in [5.74, 6) is -0.120. The van der Waals surface area contributed by atoms with Gasteiger partial charge in [0.05, 0.1) is 10.4 Å². The number of carbonyl (C=O) groups excluding carboxylic acids is 1. The number of aromatic nitrogens is 1. The molecule has 102 valence electrons. The van der Waals surface area contributed by atoms with E-state index in [1.807, 2.05) is 19.2 Å². The maximum Gasteiger partial charge on any atom is 0.263 e. The number of nitrogen functional groups attached to an aromatic ring is 1. The quantitative estimate of drug-likeness (QED) is 0.870. The Kier molecular flexibility index (Phi) is 4.34. The molecule has 19 heavy (non-hydrogen) atoms. The number of nitrogens with two attached hydrogens (primary N) is 1. The molecule has 0 aromatic carbocycles. The smallest absolute Gasteiger partial charge is 0.263 e. The minimum atomic E-state index is -0.120. The van der Waals surface area contributed by atoms with Crippen molar-refractivity contribution >= 4 is 33.1 Å². The van der Waals surface area contributed by atoms with E-state index >= 15 is 0 Å². The zero-order chi connectivity index (χ0) is 13.8. The molecule has 0 aliphatic carbocycles. The van der Waals surface area contributed by atoms with Crippen molar-refractivity contribution in [1.29, 1.82) is 0 Å². The summed E-state index contributed by atoms with van der Waals surface area (Å²) in [4.78, 5) is 19.0. The number of hydrogen-bond donors (Lipinski definition) is 2. The average Bonchev–Trinajstić information content (AvgIpc) is 2.76. The first-order valence-electron chi connectivity index (χ1n) is 6.23. The van der Waals surface area contributed by atoms with Crippen LogP contribution in [-0.2, 0) is 0 Å². The second-order valence-electron chi connectivity index (χ2n) is 4.35. The number of nitrogens with one attached hydrogen (secondary N) is 1. The molecular weight excluding hydrogens is 260 g/mol. The molecule has 1 amide bonds. The van der Waals surface area contributed by atoms with E-state index in [1.54, 1.807) is 6.20 Å². The van der Waals surface area contributed by atoms with Crippen LogP contribution < -0.4 is 11.1 Å². The molecule has 0 bridgehead atoms. The van der Waals surface area contributed by atoms with E-state index in [2.05, 4.69) is 22.1 Å². The van der Waals surface area contributed by atoms with Gasteiger partial charge in [-0.05, 0) is 25.7 Å². The standard InChI is InChI=1S/C13H18N4OS/c1-3-17(2)8-7-16-13(18)12-10(14)11-9(19-12)5-4-6-15-11/h4-6H,3,7-8,14H2,1-2H3,(H,16,18). The van der Waals surface area contributed by atoms with Gasteiger partial charge in [0.2, 0.25) is 0 Å². The Balaban J connectivity index is 2.07. The van der Waals surface area contributed by atoms with Crippen LogP contribution >= 0.6 is 11.3 Å². The van der Waals surface area contributed by atoms with Gasteiger partial charge in [0.15, 0.2) is 0 Å².